The van der Waals surface area contributed by atoms with E-state index in [2.05, 4.69) is 17.0 Å². The molecule has 1 fully saturated rings. The van der Waals surface area contributed by atoms with Crippen molar-refractivity contribution >= 4 is 10.2 Å². The van der Waals surface area contributed by atoms with Gasteiger partial charge >= 0.3 is 0 Å². The monoisotopic (exact) mass is 307 g/mol. The molecule has 0 aromatic carbocycles. The van der Waals surface area contributed by atoms with E-state index in [1.807, 2.05) is 6.92 Å². The zero-order valence-electron chi connectivity index (χ0n) is 12.9. The number of nitrogens with zero attached hydrogens (tertiary/aromatic N) is 1. The first-order valence-corrected chi connectivity index (χ1v) is 8.93. The highest BCUT2D eigenvalue weighted by Gasteiger charge is 2.27. The molecule has 2 atom stereocenters. The van der Waals surface area contributed by atoms with E-state index in [1.165, 1.54) is 4.31 Å². The quantitative estimate of drug-likeness (QED) is 0.579. The van der Waals surface area contributed by atoms with E-state index in [4.69, 9.17) is 4.74 Å². The fourth-order valence-corrected chi connectivity index (χ4v) is 3.43. The fraction of sp³-hybridized carbons (Fsp3) is 1.00. The number of hydrogen-bond acceptors (Lipinski definition) is 4. The zero-order chi connectivity index (χ0) is 15.0. The van der Waals surface area contributed by atoms with Crippen LogP contribution in [-0.2, 0) is 14.9 Å². The minimum absolute atomic E-state index is 0.0804. The molecule has 0 aromatic heterocycles. The summed E-state index contributed by atoms with van der Waals surface area (Å²) in [6, 6.07) is -0.0804. The van der Waals surface area contributed by atoms with Crippen molar-refractivity contribution in [3.05, 3.63) is 0 Å². The van der Waals surface area contributed by atoms with Gasteiger partial charge in [-0.05, 0) is 39.3 Å². The summed E-state index contributed by atoms with van der Waals surface area (Å²) in [5.74, 6) is 0.282. The SMILES string of the molecule is CCCNCCCN(C)S(=O)(=O)NC(C)C1CCOC1. The van der Waals surface area contributed by atoms with Gasteiger partial charge in [0.2, 0.25) is 0 Å². The molecule has 0 bridgehead atoms. The first-order valence-electron chi connectivity index (χ1n) is 7.49. The molecular weight excluding hydrogens is 278 g/mol. The standard InChI is InChI=1S/C13H29N3O3S/c1-4-7-14-8-5-9-16(3)20(17,18)15-12(2)13-6-10-19-11-13/h12-15H,4-11H2,1-3H3. The predicted molar refractivity (Wildman–Crippen MR) is 80.9 cm³/mol. The van der Waals surface area contributed by atoms with Gasteiger partial charge in [-0.2, -0.15) is 17.4 Å². The second-order valence-corrected chi connectivity index (χ2v) is 7.27. The molecule has 0 radical (unpaired) electrons. The van der Waals surface area contributed by atoms with Crippen LogP contribution in [0.1, 0.15) is 33.1 Å². The summed E-state index contributed by atoms with van der Waals surface area (Å²) in [6.45, 7) is 7.76. The van der Waals surface area contributed by atoms with Crippen molar-refractivity contribution in [1.29, 1.82) is 0 Å². The molecule has 0 spiro atoms. The van der Waals surface area contributed by atoms with Gasteiger partial charge in [0.25, 0.3) is 10.2 Å². The molecule has 7 heteroatoms. The Balaban J connectivity index is 2.30. The average molecular weight is 307 g/mol. The lowest BCUT2D eigenvalue weighted by Crippen LogP contribution is -2.46. The van der Waals surface area contributed by atoms with Gasteiger partial charge in [0, 0.05) is 32.2 Å². The van der Waals surface area contributed by atoms with Crippen LogP contribution in [0.4, 0.5) is 0 Å². The normalized spacial score (nSPS) is 21.5. The average Bonchev–Trinajstić information content (AvgIpc) is 2.91. The Morgan fingerprint density at radius 3 is 2.75 bits per heavy atom. The van der Waals surface area contributed by atoms with E-state index in [1.54, 1.807) is 7.05 Å². The highest BCUT2D eigenvalue weighted by molar-refractivity contribution is 7.87. The topological polar surface area (TPSA) is 70.7 Å². The summed E-state index contributed by atoms with van der Waals surface area (Å²) in [7, 11) is -1.76. The van der Waals surface area contributed by atoms with Gasteiger partial charge < -0.3 is 10.1 Å². The van der Waals surface area contributed by atoms with Crippen LogP contribution >= 0.6 is 0 Å². The van der Waals surface area contributed by atoms with Crippen LogP contribution in [-0.4, -0.2) is 58.7 Å². The van der Waals surface area contributed by atoms with Crippen molar-refractivity contribution in [3.8, 4) is 0 Å². The van der Waals surface area contributed by atoms with Crippen LogP contribution in [0.3, 0.4) is 0 Å². The summed E-state index contributed by atoms with van der Waals surface area (Å²) < 4.78 is 33.8. The molecule has 6 nitrogen and oxygen atoms in total. The van der Waals surface area contributed by atoms with E-state index >= 15 is 0 Å². The maximum Gasteiger partial charge on any atom is 0.279 e. The Bertz CT molecular complexity index is 356. The van der Waals surface area contributed by atoms with E-state index in [-0.39, 0.29) is 12.0 Å². The van der Waals surface area contributed by atoms with Crippen LogP contribution in [0.25, 0.3) is 0 Å². The molecule has 0 aliphatic carbocycles. The van der Waals surface area contributed by atoms with Crippen molar-refractivity contribution in [1.82, 2.24) is 14.3 Å². The van der Waals surface area contributed by atoms with Gasteiger partial charge in [-0.3, -0.25) is 0 Å². The molecule has 1 rings (SSSR count). The molecule has 1 heterocycles. The lowest BCUT2D eigenvalue weighted by molar-refractivity contribution is 0.180. The Labute approximate surface area is 123 Å². The lowest BCUT2D eigenvalue weighted by atomic mass is 10.0. The molecule has 2 unspecified atom stereocenters. The Morgan fingerprint density at radius 2 is 2.15 bits per heavy atom. The van der Waals surface area contributed by atoms with Gasteiger partial charge in [-0.25, -0.2) is 0 Å². The summed E-state index contributed by atoms with van der Waals surface area (Å²) in [5.41, 5.74) is 0. The number of rotatable bonds is 10. The van der Waals surface area contributed by atoms with Crippen LogP contribution in [0.15, 0.2) is 0 Å². The molecule has 0 aromatic rings. The van der Waals surface area contributed by atoms with Gasteiger partial charge in [0.15, 0.2) is 0 Å². The molecule has 20 heavy (non-hydrogen) atoms. The molecule has 1 aliphatic rings. The minimum atomic E-state index is -3.39. The third kappa shape index (κ3) is 6.05. The van der Waals surface area contributed by atoms with E-state index in [0.717, 1.165) is 39.0 Å². The summed E-state index contributed by atoms with van der Waals surface area (Å²) >= 11 is 0. The smallest absolute Gasteiger partial charge is 0.279 e. The second-order valence-electron chi connectivity index (χ2n) is 5.46. The third-order valence-electron chi connectivity index (χ3n) is 3.67. The van der Waals surface area contributed by atoms with E-state index < -0.39 is 10.2 Å². The second kappa shape index (κ2) is 8.94. The molecule has 1 aliphatic heterocycles. The molecule has 0 saturated carbocycles. The minimum Gasteiger partial charge on any atom is -0.381 e. The van der Waals surface area contributed by atoms with Crippen molar-refractivity contribution < 1.29 is 13.2 Å². The van der Waals surface area contributed by atoms with Crippen molar-refractivity contribution in [2.75, 3.05) is 39.9 Å². The Kier molecular flexibility index (Phi) is 7.98. The van der Waals surface area contributed by atoms with Gasteiger partial charge in [-0.15, -0.1) is 0 Å². The van der Waals surface area contributed by atoms with Gasteiger partial charge in [0.05, 0.1) is 6.61 Å². The highest BCUT2D eigenvalue weighted by Crippen LogP contribution is 2.17. The summed E-state index contributed by atoms with van der Waals surface area (Å²) in [4.78, 5) is 0. The van der Waals surface area contributed by atoms with Crippen LogP contribution in [0.2, 0.25) is 0 Å². The molecule has 120 valence electrons. The third-order valence-corrected chi connectivity index (χ3v) is 5.34. The lowest BCUT2D eigenvalue weighted by Gasteiger charge is -2.23. The Morgan fingerprint density at radius 1 is 1.40 bits per heavy atom. The molecule has 0 amide bonds. The first-order chi connectivity index (χ1) is 9.47. The van der Waals surface area contributed by atoms with Crippen LogP contribution in [0, 0.1) is 5.92 Å². The van der Waals surface area contributed by atoms with Crippen molar-refractivity contribution in [2.24, 2.45) is 5.92 Å². The molecule has 2 N–H and O–H groups in total. The fourth-order valence-electron chi connectivity index (χ4n) is 2.22. The van der Waals surface area contributed by atoms with Crippen molar-refractivity contribution in [2.45, 2.75) is 39.2 Å². The van der Waals surface area contributed by atoms with Gasteiger partial charge in [0.1, 0.15) is 0 Å². The maximum atomic E-state index is 12.2. The van der Waals surface area contributed by atoms with Crippen LogP contribution in [0.5, 0.6) is 0 Å². The zero-order valence-corrected chi connectivity index (χ0v) is 13.7. The summed E-state index contributed by atoms with van der Waals surface area (Å²) in [6.07, 6.45) is 2.84. The van der Waals surface area contributed by atoms with E-state index in [9.17, 15) is 8.42 Å². The first kappa shape index (κ1) is 17.8. The largest absolute Gasteiger partial charge is 0.381 e. The van der Waals surface area contributed by atoms with Crippen LogP contribution < -0.4 is 10.0 Å². The number of nitrogens with one attached hydrogen (secondary N) is 2. The molecule has 1 saturated heterocycles. The maximum absolute atomic E-state index is 12.2. The van der Waals surface area contributed by atoms with Gasteiger partial charge in [-0.1, -0.05) is 6.92 Å². The Hall–Kier alpha value is -0.210. The highest BCUT2D eigenvalue weighted by atomic mass is 32.2. The van der Waals surface area contributed by atoms with Crippen molar-refractivity contribution in [3.63, 3.8) is 0 Å². The number of ether oxygens (including phenoxy) is 1. The number of hydrogen-bond donors (Lipinski definition) is 2. The van der Waals surface area contributed by atoms with E-state index in [0.29, 0.717) is 13.2 Å². The predicted octanol–water partition coefficient (Wildman–Crippen LogP) is 0.567. The molecular formula is C13H29N3O3S. The summed E-state index contributed by atoms with van der Waals surface area (Å²) in [5, 5.41) is 3.27.